The summed E-state index contributed by atoms with van der Waals surface area (Å²) in [6.07, 6.45) is 2.24. The summed E-state index contributed by atoms with van der Waals surface area (Å²) in [4.78, 5) is 47.8. The molecule has 4 aromatic rings. The van der Waals surface area contributed by atoms with Crippen molar-refractivity contribution < 1.29 is 27.9 Å². The van der Waals surface area contributed by atoms with E-state index in [2.05, 4.69) is 49.1 Å². The predicted octanol–water partition coefficient (Wildman–Crippen LogP) is 8.40. The zero-order chi connectivity index (χ0) is 37.2. The van der Waals surface area contributed by atoms with Gasteiger partial charge in [0, 0.05) is 31.7 Å². The molecule has 52 heavy (non-hydrogen) atoms. The van der Waals surface area contributed by atoms with Crippen molar-refractivity contribution in [3.8, 4) is 0 Å². The Kier molecular flexibility index (Phi) is 11.0. The van der Waals surface area contributed by atoms with E-state index >= 15 is 0 Å². The molecule has 1 aliphatic heterocycles. The van der Waals surface area contributed by atoms with Gasteiger partial charge >= 0.3 is 5.97 Å². The maximum Gasteiger partial charge on any atom is 0.320 e. The Bertz CT molecular complexity index is 1930. The first-order chi connectivity index (χ1) is 24.7. The van der Waals surface area contributed by atoms with Crippen LogP contribution in [-0.2, 0) is 27.5 Å². The number of likely N-dealkylation sites (tertiary alicyclic amines) is 1. The fraction of sp³-hybridized carbons (Fsp3) is 0.450. The van der Waals surface area contributed by atoms with E-state index in [9.17, 15) is 23.2 Å². The summed E-state index contributed by atoms with van der Waals surface area (Å²) in [7, 11) is 0. The Balaban J connectivity index is 1.26. The van der Waals surface area contributed by atoms with Crippen LogP contribution in [0.1, 0.15) is 91.5 Å². The van der Waals surface area contributed by atoms with E-state index in [4.69, 9.17) is 9.72 Å². The first kappa shape index (κ1) is 37.3. The van der Waals surface area contributed by atoms with Crippen molar-refractivity contribution in [1.82, 2.24) is 19.4 Å². The molecular formula is C40H47F2N5O4S. The fourth-order valence-electron chi connectivity index (χ4n) is 7.50. The quantitative estimate of drug-likeness (QED) is 0.116. The molecule has 1 atom stereocenters. The van der Waals surface area contributed by atoms with Crippen LogP contribution in [0.25, 0.3) is 11.0 Å². The van der Waals surface area contributed by atoms with Gasteiger partial charge < -0.3 is 14.2 Å². The minimum atomic E-state index is -2.66. The molecule has 2 aliphatic rings. The molecule has 9 nitrogen and oxygen atoms in total. The second-order valence-corrected chi connectivity index (χ2v) is 16.4. The third-order valence-electron chi connectivity index (χ3n) is 10.7. The van der Waals surface area contributed by atoms with Gasteiger partial charge in [-0.1, -0.05) is 63.7 Å². The Morgan fingerprint density at radius 1 is 1.12 bits per heavy atom. The van der Waals surface area contributed by atoms with Crippen molar-refractivity contribution in [1.29, 1.82) is 0 Å². The number of ether oxygens (including phenoxy) is 1. The number of esters is 1. The molecule has 276 valence electrons. The fourth-order valence-corrected chi connectivity index (χ4v) is 8.26. The largest absolute Gasteiger partial charge is 0.460 e. The third-order valence-corrected chi connectivity index (χ3v) is 11.7. The van der Waals surface area contributed by atoms with Crippen LogP contribution in [0.3, 0.4) is 0 Å². The van der Waals surface area contributed by atoms with Gasteiger partial charge in [0.2, 0.25) is 11.9 Å². The number of carbonyl (C=O) groups excluding carboxylic acids is 3. The SMILES string of the molecule is C=CC(=O)N1CCCC2(CC(n3c(NC(=O)c4ccc(C(F)F)s4)nc4cc(CN(CC(=O)OCc5ccccc5)[C@@H](C)C(C)(C)C)ccc43)C2)C1. The van der Waals surface area contributed by atoms with Crippen molar-refractivity contribution in [2.75, 3.05) is 25.0 Å². The highest BCUT2D eigenvalue weighted by molar-refractivity contribution is 7.14. The second kappa shape index (κ2) is 15.3. The number of carbonyl (C=O) groups is 3. The summed E-state index contributed by atoms with van der Waals surface area (Å²) in [6, 6.07) is 18.3. The number of amides is 2. The number of thiophene rings is 1. The highest BCUT2D eigenvalue weighted by Gasteiger charge is 2.49. The van der Waals surface area contributed by atoms with E-state index in [1.165, 1.54) is 18.2 Å². The number of halogens is 2. The number of hydrogen-bond donors (Lipinski definition) is 1. The number of benzene rings is 2. The molecule has 2 amide bonds. The standard InChI is InChI=1S/C40H47F2N5O4S/c1-6-34(48)45-18-10-17-40(25-45)20-29(21-40)47-31-14-13-28(19-30(31)43-38(47)44-37(50)33-16-15-32(52-33)36(41)42)22-46(26(2)39(3,4)5)23-35(49)51-24-27-11-8-7-9-12-27/h6-9,11-16,19,26,29,36H,1,10,17-18,20-25H2,2-5H3,(H,43,44,50)/t26-,29?,40?/m0/s1. The van der Waals surface area contributed by atoms with E-state index in [1.54, 1.807) is 0 Å². The molecule has 1 saturated heterocycles. The number of alkyl halides is 2. The van der Waals surface area contributed by atoms with Crippen molar-refractivity contribution in [3.05, 3.63) is 94.2 Å². The van der Waals surface area contributed by atoms with Crippen molar-refractivity contribution >= 4 is 46.1 Å². The van der Waals surface area contributed by atoms with Crippen LogP contribution in [-0.4, -0.2) is 62.8 Å². The van der Waals surface area contributed by atoms with E-state index in [-0.39, 0.29) is 57.7 Å². The first-order valence-corrected chi connectivity index (χ1v) is 18.6. The second-order valence-electron chi connectivity index (χ2n) is 15.3. The zero-order valence-corrected chi connectivity index (χ0v) is 31.1. The van der Waals surface area contributed by atoms with Crippen LogP contribution >= 0.6 is 11.3 Å². The summed E-state index contributed by atoms with van der Waals surface area (Å²) >= 11 is 0.765. The summed E-state index contributed by atoms with van der Waals surface area (Å²) in [5.74, 6) is -0.520. The van der Waals surface area contributed by atoms with E-state index in [1.807, 2.05) is 53.4 Å². The van der Waals surface area contributed by atoms with Crippen LogP contribution in [0.2, 0.25) is 0 Å². The lowest BCUT2D eigenvalue weighted by molar-refractivity contribution is -0.147. The first-order valence-electron chi connectivity index (χ1n) is 17.8. The van der Waals surface area contributed by atoms with E-state index in [0.29, 0.717) is 31.1 Å². The number of rotatable bonds is 12. The van der Waals surface area contributed by atoms with Gasteiger partial charge in [0.05, 0.1) is 27.3 Å². The summed E-state index contributed by atoms with van der Waals surface area (Å²) in [6.45, 7) is 14.3. The molecule has 2 aromatic carbocycles. The number of fused-ring (bicyclic) bond motifs is 1. The maximum absolute atomic E-state index is 13.4. The smallest absolute Gasteiger partial charge is 0.320 e. The van der Waals surface area contributed by atoms with Gasteiger partial charge in [-0.25, -0.2) is 13.8 Å². The monoisotopic (exact) mass is 731 g/mol. The van der Waals surface area contributed by atoms with Gasteiger partial charge in [-0.3, -0.25) is 24.6 Å². The lowest BCUT2D eigenvalue weighted by atomic mass is 9.61. The topological polar surface area (TPSA) is 96.8 Å². The lowest BCUT2D eigenvalue weighted by Gasteiger charge is -2.53. The van der Waals surface area contributed by atoms with Gasteiger partial charge in [-0.2, -0.15) is 0 Å². The normalized spacial score (nSPS) is 19.5. The summed E-state index contributed by atoms with van der Waals surface area (Å²) < 4.78 is 34.4. The molecule has 0 radical (unpaired) electrons. The number of nitrogens with one attached hydrogen (secondary N) is 1. The molecule has 2 aromatic heterocycles. The van der Waals surface area contributed by atoms with Crippen LogP contribution < -0.4 is 5.32 Å². The maximum atomic E-state index is 13.4. The molecule has 0 unspecified atom stereocenters. The van der Waals surface area contributed by atoms with Crippen LogP contribution in [0.4, 0.5) is 14.7 Å². The summed E-state index contributed by atoms with van der Waals surface area (Å²) in [5.41, 5.74) is 3.23. The van der Waals surface area contributed by atoms with Crippen LogP contribution in [0.5, 0.6) is 0 Å². The number of nitrogens with zero attached hydrogens (tertiary/aromatic N) is 4. The molecule has 1 saturated carbocycles. The van der Waals surface area contributed by atoms with Crippen LogP contribution in [0, 0.1) is 10.8 Å². The predicted molar refractivity (Wildman–Crippen MR) is 199 cm³/mol. The van der Waals surface area contributed by atoms with Crippen molar-refractivity contribution in [2.45, 2.75) is 85.0 Å². The van der Waals surface area contributed by atoms with Crippen molar-refractivity contribution in [3.63, 3.8) is 0 Å². The number of anilines is 1. The molecule has 1 spiro atoms. The Morgan fingerprint density at radius 3 is 2.54 bits per heavy atom. The highest BCUT2D eigenvalue weighted by atomic mass is 32.1. The van der Waals surface area contributed by atoms with Crippen LogP contribution in [0.15, 0.2) is 73.3 Å². The molecule has 1 N–H and O–H groups in total. The van der Waals surface area contributed by atoms with Gasteiger partial charge in [-0.05, 0) is 84.9 Å². The Hall–Kier alpha value is -4.42. The number of piperidine rings is 1. The molecule has 0 bridgehead atoms. The number of imidazole rings is 1. The average molecular weight is 732 g/mol. The number of hydrogen-bond acceptors (Lipinski definition) is 7. The molecule has 6 rings (SSSR count). The Morgan fingerprint density at radius 2 is 1.87 bits per heavy atom. The molecular weight excluding hydrogens is 685 g/mol. The molecule has 1 aliphatic carbocycles. The minimum Gasteiger partial charge on any atom is -0.460 e. The Labute approximate surface area is 307 Å². The van der Waals surface area contributed by atoms with Gasteiger partial charge in [0.25, 0.3) is 12.3 Å². The van der Waals surface area contributed by atoms with Gasteiger partial charge in [-0.15, -0.1) is 11.3 Å². The zero-order valence-electron chi connectivity index (χ0n) is 30.2. The summed E-state index contributed by atoms with van der Waals surface area (Å²) in [5, 5.41) is 2.93. The van der Waals surface area contributed by atoms with E-state index in [0.717, 1.165) is 53.7 Å². The van der Waals surface area contributed by atoms with Gasteiger partial charge in [0.1, 0.15) is 6.61 Å². The third kappa shape index (κ3) is 8.28. The highest BCUT2D eigenvalue weighted by Crippen LogP contribution is 2.55. The molecule has 12 heteroatoms. The lowest BCUT2D eigenvalue weighted by Crippen LogP contribution is -2.52. The molecule has 2 fully saturated rings. The number of aromatic nitrogens is 2. The van der Waals surface area contributed by atoms with Crippen molar-refractivity contribution in [2.24, 2.45) is 10.8 Å². The minimum absolute atomic E-state index is 0.0155. The van der Waals surface area contributed by atoms with E-state index < -0.39 is 12.3 Å². The average Bonchev–Trinajstić information content (AvgIpc) is 3.74. The van der Waals surface area contributed by atoms with Gasteiger partial charge in [0.15, 0.2) is 0 Å². The molecule has 3 heterocycles.